The molecule has 118 valence electrons. The van der Waals surface area contributed by atoms with Gasteiger partial charge >= 0.3 is 0 Å². The van der Waals surface area contributed by atoms with Crippen LogP contribution in [0.4, 0.5) is 5.69 Å². The van der Waals surface area contributed by atoms with Crippen molar-refractivity contribution in [3.8, 4) is 6.07 Å². The van der Waals surface area contributed by atoms with Crippen LogP contribution in [0.5, 0.6) is 0 Å². The fraction of sp³-hybridized carbons (Fsp3) is 0.118. The van der Waals surface area contributed by atoms with Crippen LogP contribution in [0.3, 0.4) is 0 Å². The first-order chi connectivity index (χ1) is 11.0. The SMILES string of the molecule is CS/C(Nc1cccc(C)c1)=C(/C#N)S(=O)(=O)c1ccccc1. The number of nitriles is 1. The quantitative estimate of drug-likeness (QED) is 0.832. The summed E-state index contributed by atoms with van der Waals surface area (Å²) in [5.74, 6) is 0. The van der Waals surface area contributed by atoms with Gasteiger partial charge < -0.3 is 5.32 Å². The van der Waals surface area contributed by atoms with E-state index in [2.05, 4.69) is 5.32 Å². The number of sulfone groups is 1. The monoisotopic (exact) mass is 344 g/mol. The lowest BCUT2D eigenvalue weighted by molar-refractivity contribution is 0.603. The van der Waals surface area contributed by atoms with Crippen LogP contribution in [0.1, 0.15) is 5.56 Å². The molecule has 23 heavy (non-hydrogen) atoms. The number of nitrogens with one attached hydrogen (secondary N) is 1. The van der Waals surface area contributed by atoms with E-state index in [1.54, 1.807) is 24.5 Å². The molecule has 0 aromatic heterocycles. The first-order valence-electron chi connectivity index (χ1n) is 6.81. The summed E-state index contributed by atoms with van der Waals surface area (Å²) in [7, 11) is -3.86. The van der Waals surface area contributed by atoms with Crippen LogP contribution >= 0.6 is 11.8 Å². The predicted octanol–water partition coefficient (Wildman–Crippen LogP) is 3.94. The van der Waals surface area contributed by atoms with E-state index in [0.29, 0.717) is 5.03 Å². The summed E-state index contributed by atoms with van der Waals surface area (Å²) in [6.45, 7) is 1.94. The molecular formula is C17H16N2O2S2. The Labute approximate surface area is 140 Å². The second-order valence-electron chi connectivity index (χ2n) is 4.79. The number of aryl methyl sites for hydroxylation is 1. The van der Waals surface area contributed by atoms with Crippen LogP contribution < -0.4 is 5.32 Å². The zero-order valence-corrected chi connectivity index (χ0v) is 14.4. The van der Waals surface area contributed by atoms with E-state index in [-0.39, 0.29) is 9.80 Å². The number of rotatable bonds is 5. The maximum atomic E-state index is 12.7. The average molecular weight is 344 g/mol. The highest BCUT2D eigenvalue weighted by atomic mass is 32.2. The van der Waals surface area contributed by atoms with Gasteiger partial charge in [0.1, 0.15) is 11.1 Å². The van der Waals surface area contributed by atoms with E-state index < -0.39 is 9.84 Å². The van der Waals surface area contributed by atoms with E-state index in [1.165, 1.54) is 23.9 Å². The number of anilines is 1. The van der Waals surface area contributed by atoms with E-state index in [1.807, 2.05) is 37.3 Å². The lowest BCUT2D eigenvalue weighted by atomic mass is 10.2. The molecule has 0 aliphatic rings. The second-order valence-corrected chi connectivity index (χ2v) is 7.49. The summed E-state index contributed by atoms with van der Waals surface area (Å²) in [4.78, 5) is -0.174. The molecule has 0 fully saturated rings. The Morgan fingerprint density at radius 1 is 1.13 bits per heavy atom. The van der Waals surface area contributed by atoms with E-state index in [4.69, 9.17) is 0 Å². The van der Waals surface area contributed by atoms with E-state index in [9.17, 15) is 13.7 Å². The molecule has 0 unspecified atom stereocenters. The van der Waals surface area contributed by atoms with Gasteiger partial charge in [0.15, 0.2) is 4.91 Å². The third kappa shape index (κ3) is 3.95. The van der Waals surface area contributed by atoms with Crippen molar-refractivity contribution in [2.75, 3.05) is 11.6 Å². The molecule has 2 rings (SSSR count). The third-order valence-corrected chi connectivity index (χ3v) is 5.68. The van der Waals surface area contributed by atoms with Gasteiger partial charge in [0, 0.05) is 5.69 Å². The van der Waals surface area contributed by atoms with Crippen molar-refractivity contribution in [2.24, 2.45) is 0 Å². The summed E-state index contributed by atoms with van der Waals surface area (Å²) in [5.41, 5.74) is 1.78. The van der Waals surface area contributed by atoms with Crippen LogP contribution in [0.2, 0.25) is 0 Å². The molecule has 0 saturated carbocycles. The molecule has 2 aromatic carbocycles. The summed E-state index contributed by atoms with van der Waals surface area (Å²) in [6, 6.07) is 17.3. The Morgan fingerprint density at radius 2 is 1.83 bits per heavy atom. The smallest absolute Gasteiger partial charge is 0.219 e. The number of thioether (sulfide) groups is 1. The predicted molar refractivity (Wildman–Crippen MR) is 94.6 cm³/mol. The number of hydrogen-bond acceptors (Lipinski definition) is 5. The minimum absolute atomic E-state index is 0.106. The van der Waals surface area contributed by atoms with Gasteiger partial charge in [0.25, 0.3) is 0 Å². The normalized spacial score (nSPS) is 12.2. The molecule has 0 bridgehead atoms. The summed E-state index contributed by atoms with van der Waals surface area (Å²) in [6.07, 6.45) is 1.73. The lowest BCUT2D eigenvalue weighted by Crippen LogP contribution is -2.09. The second kappa shape index (κ2) is 7.36. The Balaban J connectivity index is 2.50. The molecular weight excluding hydrogens is 328 g/mol. The fourth-order valence-corrected chi connectivity index (χ4v) is 4.20. The van der Waals surface area contributed by atoms with Crippen molar-refractivity contribution >= 4 is 27.3 Å². The largest absolute Gasteiger partial charge is 0.349 e. The van der Waals surface area contributed by atoms with Gasteiger partial charge in [-0.15, -0.1) is 11.8 Å². The van der Waals surface area contributed by atoms with E-state index >= 15 is 0 Å². The van der Waals surface area contributed by atoms with Crippen molar-refractivity contribution in [1.29, 1.82) is 5.26 Å². The maximum Gasteiger partial charge on any atom is 0.219 e. The lowest BCUT2D eigenvalue weighted by Gasteiger charge is -2.12. The number of nitrogens with zero attached hydrogens (tertiary/aromatic N) is 1. The van der Waals surface area contributed by atoms with Gasteiger partial charge in [-0.3, -0.25) is 0 Å². The van der Waals surface area contributed by atoms with Crippen LogP contribution in [0, 0.1) is 18.3 Å². The molecule has 0 saturated heterocycles. The Bertz CT molecular complexity index is 867. The Kier molecular flexibility index (Phi) is 5.48. The van der Waals surface area contributed by atoms with Gasteiger partial charge in [-0.05, 0) is 43.0 Å². The summed E-state index contributed by atoms with van der Waals surface area (Å²) < 4.78 is 25.4. The first-order valence-corrected chi connectivity index (χ1v) is 9.52. The molecule has 4 nitrogen and oxygen atoms in total. The molecule has 0 radical (unpaired) electrons. The summed E-state index contributed by atoms with van der Waals surface area (Å²) >= 11 is 1.19. The zero-order chi connectivity index (χ0) is 16.9. The zero-order valence-electron chi connectivity index (χ0n) is 12.8. The highest BCUT2D eigenvalue weighted by Crippen LogP contribution is 2.27. The van der Waals surface area contributed by atoms with Crippen LogP contribution in [0.15, 0.2) is 69.4 Å². The van der Waals surface area contributed by atoms with Gasteiger partial charge in [0.05, 0.1) is 4.90 Å². The minimum atomic E-state index is -3.86. The maximum absolute atomic E-state index is 12.7. The third-order valence-electron chi connectivity index (χ3n) is 3.11. The Morgan fingerprint density at radius 3 is 2.39 bits per heavy atom. The molecule has 1 N–H and O–H groups in total. The molecule has 0 atom stereocenters. The molecule has 0 heterocycles. The Hall–Kier alpha value is -2.23. The van der Waals surface area contributed by atoms with Gasteiger partial charge in [-0.1, -0.05) is 30.3 Å². The molecule has 0 amide bonds. The van der Waals surface area contributed by atoms with Crippen molar-refractivity contribution in [1.82, 2.24) is 0 Å². The van der Waals surface area contributed by atoms with Crippen molar-refractivity contribution in [2.45, 2.75) is 11.8 Å². The van der Waals surface area contributed by atoms with Crippen LogP contribution in [0.25, 0.3) is 0 Å². The van der Waals surface area contributed by atoms with Crippen molar-refractivity contribution < 1.29 is 8.42 Å². The summed E-state index contributed by atoms with van der Waals surface area (Å²) in [5, 5.41) is 12.8. The number of benzene rings is 2. The molecule has 6 heteroatoms. The average Bonchev–Trinajstić information content (AvgIpc) is 2.55. The molecule has 0 aliphatic heterocycles. The highest BCUT2D eigenvalue weighted by Gasteiger charge is 2.24. The fourth-order valence-electron chi connectivity index (χ4n) is 2.00. The standard InChI is InChI=1S/C17H16N2O2S2/c1-13-7-6-8-14(11-13)19-17(22-2)16(12-18)23(20,21)15-9-4-3-5-10-15/h3-11,19H,1-2H3/b17-16-. The van der Waals surface area contributed by atoms with Crippen molar-refractivity contribution in [3.05, 3.63) is 70.1 Å². The topological polar surface area (TPSA) is 70.0 Å². The van der Waals surface area contributed by atoms with Gasteiger partial charge in [-0.25, -0.2) is 8.42 Å². The minimum Gasteiger partial charge on any atom is -0.349 e. The molecule has 2 aromatic rings. The van der Waals surface area contributed by atoms with Crippen LogP contribution in [-0.2, 0) is 9.84 Å². The van der Waals surface area contributed by atoms with Gasteiger partial charge in [-0.2, -0.15) is 5.26 Å². The number of hydrogen-bond donors (Lipinski definition) is 1. The molecule has 0 spiro atoms. The number of allylic oxidation sites excluding steroid dienone is 1. The van der Waals surface area contributed by atoms with Crippen LogP contribution in [-0.4, -0.2) is 14.7 Å². The first kappa shape index (κ1) is 17.1. The molecule has 0 aliphatic carbocycles. The van der Waals surface area contributed by atoms with Gasteiger partial charge in [0.2, 0.25) is 9.84 Å². The van der Waals surface area contributed by atoms with Crippen molar-refractivity contribution in [3.63, 3.8) is 0 Å². The van der Waals surface area contributed by atoms with E-state index in [0.717, 1.165) is 11.3 Å². The highest BCUT2D eigenvalue weighted by molar-refractivity contribution is 8.04.